The summed E-state index contributed by atoms with van der Waals surface area (Å²) in [6.45, 7) is -5.00. The van der Waals surface area contributed by atoms with Gasteiger partial charge in [-0.3, -0.25) is 4.79 Å². The van der Waals surface area contributed by atoms with Gasteiger partial charge in [-0.05, 0) is 25.1 Å². The Balaban J connectivity index is 0.00000289. The average Bonchev–Trinajstić information content (AvgIpc) is 2.24. The first-order chi connectivity index (χ1) is 7.83. The number of ether oxygens (including phenoxy) is 2. The van der Waals surface area contributed by atoms with Crippen molar-refractivity contribution in [2.45, 2.75) is 6.92 Å². The van der Waals surface area contributed by atoms with Crippen LogP contribution in [0.25, 0.3) is 0 Å². The van der Waals surface area contributed by atoms with Gasteiger partial charge in [0.15, 0.2) is 17.3 Å². The molecule has 0 spiro atoms. The second-order valence-corrected chi connectivity index (χ2v) is 3.44. The zero-order chi connectivity index (χ0) is 13.1. The van der Waals surface area contributed by atoms with Crippen molar-refractivity contribution in [3.05, 3.63) is 23.8 Å². The fourth-order valence-electron chi connectivity index (χ4n) is 1.19. The monoisotopic (exact) mass is 286 g/mol. The molecule has 0 aliphatic rings. The number of carbonyl (C=O) groups is 1. The van der Waals surface area contributed by atoms with Gasteiger partial charge in [-0.2, -0.15) is 0 Å². The van der Waals surface area contributed by atoms with Gasteiger partial charge in [-0.25, -0.2) is 0 Å². The van der Waals surface area contributed by atoms with Gasteiger partial charge in [-0.15, -0.1) is 0 Å². The number of carbonyl (C=O) groups excluding carboxylic acids is 1. The van der Waals surface area contributed by atoms with Crippen LogP contribution >= 0.6 is 0 Å². The van der Waals surface area contributed by atoms with Crippen LogP contribution in [0.5, 0.6) is 11.5 Å². The molecule has 0 unspecified atom stereocenters. The zero-order valence-electron chi connectivity index (χ0n) is 10.4. The number of halogens is 3. The summed E-state index contributed by atoms with van der Waals surface area (Å²) in [6.07, 6.45) is 0. The number of hydrogen-bond acceptors (Lipinski definition) is 3. The molecule has 0 saturated carbocycles. The third kappa shape index (κ3) is 5.75. The molecule has 0 aromatic heterocycles. The van der Waals surface area contributed by atoms with Crippen molar-refractivity contribution in [3.63, 3.8) is 0 Å². The smallest absolute Gasteiger partial charge is 0.519 e. The molecule has 0 saturated heterocycles. The van der Waals surface area contributed by atoms with Crippen LogP contribution in [0.4, 0.5) is 12.9 Å². The van der Waals surface area contributed by atoms with Gasteiger partial charge < -0.3 is 22.4 Å². The van der Waals surface area contributed by atoms with Crippen molar-refractivity contribution in [2.75, 3.05) is 13.6 Å². The SMILES string of the molecule is COc1cc(C(C)=O)ccc1OC[B-](F)(F)F.[K+]. The van der Waals surface area contributed by atoms with Gasteiger partial charge in [0.25, 0.3) is 0 Å². The molecule has 8 heteroatoms. The number of Topliss-reactive ketones (excluding diaryl/α,β-unsaturated/α-hetero) is 1. The summed E-state index contributed by atoms with van der Waals surface area (Å²) in [5, 5.41) is 0. The van der Waals surface area contributed by atoms with Crippen LogP contribution in [-0.2, 0) is 0 Å². The number of benzene rings is 1. The molecule has 0 aliphatic carbocycles. The number of hydrogen-bond donors (Lipinski definition) is 0. The Morgan fingerprint density at radius 1 is 1.28 bits per heavy atom. The van der Waals surface area contributed by atoms with E-state index in [-0.39, 0.29) is 68.7 Å². The van der Waals surface area contributed by atoms with E-state index in [1.165, 1.54) is 32.2 Å². The maximum absolute atomic E-state index is 12.0. The predicted molar refractivity (Wildman–Crippen MR) is 57.6 cm³/mol. The molecule has 1 rings (SSSR count). The Labute approximate surface area is 146 Å². The first kappa shape index (κ1) is 18.0. The molecule has 1 aromatic carbocycles. The third-order valence-electron chi connectivity index (χ3n) is 2.00. The van der Waals surface area contributed by atoms with E-state index >= 15 is 0 Å². The molecular weight excluding hydrogens is 275 g/mol. The summed E-state index contributed by atoms with van der Waals surface area (Å²) in [7, 11) is 1.30. The fourth-order valence-corrected chi connectivity index (χ4v) is 1.19. The Morgan fingerprint density at radius 3 is 2.33 bits per heavy atom. The molecule has 0 amide bonds. The second-order valence-electron chi connectivity index (χ2n) is 3.44. The maximum atomic E-state index is 12.0. The van der Waals surface area contributed by atoms with E-state index in [4.69, 9.17) is 4.74 Å². The normalized spacial score (nSPS) is 10.5. The Morgan fingerprint density at radius 2 is 1.89 bits per heavy atom. The largest absolute Gasteiger partial charge is 1.00 e. The molecule has 3 nitrogen and oxygen atoms in total. The minimum Gasteiger partial charge on any atom is -0.519 e. The van der Waals surface area contributed by atoms with Gasteiger partial charge in [0.2, 0.25) is 0 Å². The van der Waals surface area contributed by atoms with E-state index < -0.39 is 13.5 Å². The minimum absolute atomic E-state index is 0. The quantitative estimate of drug-likeness (QED) is 0.549. The van der Waals surface area contributed by atoms with E-state index in [2.05, 4.69) is 4.74 Å². The summed E-state index contributed by atoms with van der Waals surface area (Å²) in [6, 6.07) is 4.03. The van der Waals surface area contributed by atoms with E-state index in [9.17, 15) is 17.7 Å². The first-order valence-corrected chi connectivity index (χ1v) is 4.86. The van der Waals surface area contributed by atoms with Gasteiger partial charge in [0.1, 0.15) is 0 Å². The minimum atomic E-state index is -5.02. The Hall–Kier alpha value is -0.0187. The molecule has 0 radical (unpaired) electrons. The van der Waals surface area contributed by atoms with Crippen LogP contribution in [0, 0.1) is 0 Å². The average molecular weight is 286 g/mol. The molecule has 1 aromatic rings. The van der Waals surface area contributed by atoms with Crippen LogP contribution in [-0.4, -0.2) is 26.4 Å². The van der Waals surface area contributed by atoms with Crippen LogP contribution in [0.3, 0.4) is 0 Å². The molecule has 0 aliphatic heterocycles. The molecule has 0 fully saturated rings. The van der Waals surface area contributed by atoms with Gasteiger partial charge >= 0.3 is 58.4 Å². The molecule has 0 bridgehead atoms. The van der Waals surface area contributed by atoms with Crippen molar-refractivity contribution in [1.82, 2.24) is 0 Å². The van der Waals surface area contributed by atoms with Crippen LogP contribution in [0.1, 0.15) is 17.3 Å². The van der Waals surface area contributed by atoms with Crippen LogP contribution < -0.4 is 60.9 Å². The summed E-state index contributed by atoms with van der Waals surface area (Å²) >= 11 is 0. The Kier molecular flexibility index (Phi) is 7.53. The second kappa shape index (κ2) is 7.54. The third-order valence-corrected chi connectivity index (χ3v) is 2.00. The standard InChI is InChI=1S/C10H11BF3O3.K/c1-7(15)8-3-4-9(10(5-8)16-2)17-6-11(12,13)14;/h3-5H,6H2,1-2H3;/q-1;+1. The van der Waals surface area contributed by atoms with Gasteiger partial charge in [0.05, 0.1) is 13.6 Å². The number of methoxy groups -OCH3 is 1. The topological polar surface area (TPSA) is 35.5 Å². The van der Waals surface area contributed by atoms with Gasteiger partial charge in [0, 0.05) is 5.56 Å². The van der Waals surface area contributed by atoms with Crippen molar-refractivity contribution < 1.29 is 78.6 Å². The molecular formula is C10H11BF3KO3. The predicted octanol–water partition coefficient (Wildman–Crippen LogP) is -0.333. The van der Waals surface area contributed by atoms with Crippen molar-refractivity contribution in [1.29, 1.82) is 0 Å². The Bertz CT molecular complexity index is 423. The number of ketones is 1. The molecule has 0 N–H and O–H groups in total. The van der Waals surface area contributed by atoms with E-state index in [0.29, 0.717) is 5.56 Å². The van der Waals surface area contributed by atoms with Crippen molar-refractivity contribution >= 4 is 12.8 Å². The summed E-state index contributed by atoms with van der Waals surface area (Å²) in [5.74, 6) is -0.121. The molecule has 0 atom stereocenters. The van der Waals surface area contributed by atoms with Crippen molar-refractivity contribution in [3.8, 4) is 11.5 Å². The summed E-state index contributed by atoms with van der Waals surface area (Å²) < 4.78 is 45.5. The van der Waals surface area contributed by atoms with Crippen LogP contribution in [0.15, 0.2) is 18.2 Å². The zero-order valence-corrected chi connectivity index (χ0v) is 13.5. The van der Waals surface area contributed by atoms with E-state index in [1.54, 1.807) is 0 Å². The molecule has 18 heavy (non-hydrogen) atoms. The number of rotatable bonds is 5. The molecule has 94 valence electrons. The summed E-state index contributed by atoms with van der Waals surface area (Å²) in [5.41, 5.74) is 0.353. The maximum Gasteiger partial charge on any atom is 1.00 e. The first-order valence-electron chi connectivity index (χ1n) is 4.86. The molecule has 0 heterocycles. The van der Waals surface area contributed by atoms with E-state index in [1.807, 2.05) is 0 Å². The van der Waals surface area contributed by atoms with E-state index in [0.717, 1.165) is 0 Å². The fraction of sp³-hybridized carbons (Fsp3) is 0.300. The summed E-state index contributed by atoms with van der Waals surface area (Å²) in [4.78, 5) is 11.1. The van der Waals surface area contributed by atoms with Crippen LogP contribution in [0.2, 0.25) is 0 Å². The van der Waals surface area contributed by atoms with Gasteiger partial charge in [-0.1, -0.05) is 0 Å². The van der Waals surface area contributed by atoms with Crippen molar-refractivity contribution in [2.24, 2.45) is 0 Å².